The average molecular weight is 404 g/mol. The highest BCUT2D eigenvalue weighted by Gasteiger charge is 2.30. The van der Waals surface area contributed by atoms with Gasteiger partial charge in [-0.2, -0.15) is 0 Å². The fourth-order valence-corrected chi connectivity index (χ4v) is 2.61. The van der Waals surface area contributed by atoms with Crippen LogP contribution in [0.25, 0.3) is 0 Å². The first kappa shape index (κ1) is 21.8. The van der Waals surface area contributed by atoms with Crippen LogP contribution in [-0.4, -0.2) is 51.6 Å². The van der Waals surface area contributed by atoms with E-state index in [1.807, 2.05) is 0 Å². The molecule has 0 heterocycles. The number of methoxy groups -OCH3 is 4. The highest BCUT2D eigenvalue weighted by atomic mass is 16.5. The number of aliphatic hydroxyl groups is 1. The lowest BCUT2D eigenvalue weighted by molar-refractivity contribution is -0.145. The maximum absolute atomic E-state index is 12.4. The van der Waals surface area contributed by atoms with Crippen molar-refractivity contribution >= 4 is 17.7 Å². The number of esters is 1. The third-order valence-corrected chi connectivity index (χ3v) is 4.16. The largest absolute Gasteiger partial charge is 0.497 e. The van der Waals surface area contributed by atoms with Crippen molar-refractivity contribution in [1.82, 2.24) is 5.32 Å². The molecule has 2 unspecified atom stereocenters. The molecule has 0 aliphatic carbocycles. The Morgan fingerprint density at radius 1 is 0.897 bits per heavy atom. The number of hydrogen-bond donors (Lipinski definition) is 3. The molecule has 2 rings (SSSR count). The summed E-state index contributed by atoms with van der Waals surface area (Å²) in [4.78, 5) is 24.5. The van der Waals surface area contributed by atoms with Crippen LogP contribution in [0.5, 0.6) is 17.2 Å². The van der Waals surface area contributed by atoms with E-state index in [4.69, 9.17) is 18.9 Å². The molecular formula is C20H24N2O7. The van der Waals surface area contributed by atoms with E-state index in [0.717, 1.165) is 0 Å². The first-order valence-corrected chi connectivity index (χ1v) is 8.62. The van der Waals surface area contributed by atoms with Crippen molar-refractivity contribution in [1.29, 1.82) is 0 Å². The highest BCUT2D eigenvalue weighted by molar-refractivity contribution is 5.93. The third kappa shape index (κ3) is 5.52. The zero-order valence-electron chi connectivity index (χ0n) is 16.6. The van der Waals surface area contributed by atoms with Crippen molar-refractivity contribution in [3.63, 3.8) is 0 Å². The van der Waals surface area contributed by atoms with Crippen LogP contribution in [0, 0.1) is 0 Å². The Hall–Kier alpha value is -3.46. The van der Waals surface area contributed by atoms with E-state index < -0.39 is 24.1 Å². The minimum Gasteiger partial charge on any atom is -0.497 e. The molecule has 0 saturated carbocycles. The van der Waals surface area contributed by atoms with E-state index in [2.05, 4.69) is 10.6 Å². The Bertz CT molecular complexity index is 839. The first-order chi connectivity index (χ1) is 13.9. The van der Waals surface area contributed by atoms with Gasteiger partial charge in [-0.15, -0.1) is 0 Å². The fourth-order valence-electron chi connectivity index (χ4n) is 2.61. The van der Waals surface area contributed by atoms with Gasteiger partial charge in [-0.05, 0) is 29.8 Å². The molecule has 2 amide bonds. The second-order valence-corrected chi connectivity index (χ2v) is 5.89. The topological polar surface area (TPSA) is 115 Å². The summed E-state index contributed by atoms with van der Waals surface area (Å²) < 4.78 is 20.1. The molecule has 3 N–H and O–H groups in total. The molecule has 9 nitrogen and oxygen atoms in total. The van der Waals surface area contributed by atoms with Crippen molar-refractivity contribution in [2.45, 2.75) is 12.1 Å². The van der Waals surface area contributed by atoms with E-state index in [-0.39, 0.29) is 0 Å². The summed E-state index contributed by atoms with van der Waals surface area (Å²) in [7, 11) is 5.66. The SMILES string of the molecule is COC(=O)C(NC(=O)Nc1ccc(OC)c(OC)c1)C(O)c1ccc(OC)cc1. The molecule has 0 radical (unpaired) electrons. The van der Waals surface area contributed by atoms with Gasteiger partial charge >= 0.3 is 12.0 Å². The van der Waals surface area contributed by atoms with Crippen LogP contribution in [0.2, 0.25) is 0 Å². The number of ether oxygens (including phenoxy) is 4. The van der Waals surface area contributed by atoms with Gasteiger partial charge in [0, 0.05) is 11.8 Å². The molecule has 2 aromatic rings. The number of amides is 2. The Morgan fingerprint density at radius 3 is 2.10 bits per heavy atom. The lowest BCUT2D eigenvalue weighted by atomic mass is 10.0. The van der Waals surface area contributed by atoms with Crippen molar-refractivity contribution in [3.05, 3.63) is 48.0 Å². The quantitative estimate of drug-likeness (QED) is 0.577. The summed E-state index contributed by atoms with van der Waals surface area (Å²) in [6.45, 7) is 0. The van der Waals surface area contributed by atoms with E-state index in [9.17, 15) is 14.7 Å². The summed E-state index contributed by atoms with van der Waals surface area (Å²) in [6, 6.07) is 9.21. The molecule has 0 saturated heterocycles. The van der Waals surface area contributed by atoms with Crippen LogP contribution < -0.4 is 24.8 Å². The first-order valence-electron chi connectivity index (χ1n) is 8.62. The Kier molecular flexibility index (Phi) is 7.67. The van der Waals surface area contributed by atoms with Crippen LogP contribution in [0.4, 0.5) is 10.5 Å². The maximum atomic E-state index is 12.4. The number of anilines is 1. The standard InChI is InChI=1S/C20H24N2O7/c1-26-14-8-5-12(6-9-14)18(23)17(19(24)29-4)22-20(25)21-13-7-10-15(27-2)16(11-13)28-3/h5-11,17-18,23H,1-4H3,(H2,21,22,25). The molecule has 2 aromatic carbocycles. The predicted molar refractivity (Wildman–Crippen MR) is 105 cm³/mol. The van der Waals surface area contributed by atoms with Crippen molar-refractivity contribution < 1.29 is 33.6 Å². The number of carbonyl (C=O) groups is 2. The van der Waals surface area contributed by atoms with Gasteiger partial charge in [-0.25, -0.2) is 9.59 Å². The van der Waals surface area contributed by atoms with Gasteiger partial charge in [-0.1, -0.05) is 12.1 Å². The number of urea groups is 1. The maximum Gasteiger partial charge on any atom is 0.331 e. The van der Waals surface area contributed by atoms with Crippen molar-refractivity contribution in [2.24, 2.45) is 0 Å². The Balaban J connectivity index is 2.14. The lowest BCUT2D eigenvalue weighted by Gasteiger charge is -2.22. The molecule has 0 fully saturated rings. The second kappa shape index (κ2) is 10.2. The zero-order valence-corrected chi connectivity index (χ0v) is 16.6. The molecule has 0 aromatic heterocycles. The van der Waals surface area contributed by atoms with Gasteiger partial charge < -0.3 is 34.7 Å². The number of rotatable bonds is 8. The summed E-state index contributed by atoms with van der Waals surface area (Å²) in [5.41, 5.74) is 0.815. The van der Waals surface area contributed by atoms with Gasteiger partial charge in [0.25, 0.3) is 0 Å². The zero-order chi connectivity index (χ0) is 21.4. The van der Waals surface area contributed by atoms with Crippen LogP contribution in [0.15, 0.2) is 42.5 Å². The van der Waals surface area contributed by atoms with E-state index in [1.165, 1.54) is 28.4 Å². The summed E-state index contributed by atoms with van der Waals surface area (Å²) in [6.07, 6.45) is -1.33. The number of nitrogens with one attached hydrogen (secondary N) is 2. The number of benzene rings is 2. The predicted octanol–water partition coefficient (Wildman–Crippen LogP) is 2.11. The van der Waals surface area contributed by atoms with Crippen LogP contribution in [0.3, 0.4) is 0 Å². The molecule has 0 spiro atoms. The minimum absolute atomic E-state index is 0.405. The van der Waals surface area contributed by atoms with Crippen LogP contribution in [-0.2, 0) is 9.53 Å². The normalized spacial score (nSPS) is 12.3. The highest BCUT2D eigenvalue weighted by Crippen LogP contribution is 2.29. The van der Waals surface area contributed by atoms with E-state index in [0.29, 0.717) is 28.5 Å². The number of aliphatic hydroxyl groups excluding tert-OH is 1. The van der Waals surface area contributed by atoms with Crippen LogP contribution >= 0.6 is 0 Å². The van der Waals surface area contributed by atoms with Crippen molar-refractivity contribution in [2.75, 3.05) is 33.8 Å². The Labute approximate surface area is 168 Å². The van der Waals surface area contributed by atoms with Crippen molar-refractivity contribution in [3.8, 4) is 17.2 Å². The summed E-state index contributed by atoms with van der Waals surface area (Å²) >= 11 is 0. The summed E-state index contributed by atoms with van der Waals surface area (Å²) in [5, 5.41) is 15.6. The van der Waals surface area contributed by atoms with Gasteiger partial charge in [0.2, 0.25) is 0 Å². The fraction of sp³-hybridized carbons (Fsp3) is 0.300. The third-order valence-electron chi connectivity index (χ3n) is 4.16. The van der Waals surface area contributed by atoms with Crippen LogP contribution in [0.1, 0.15) is 11.7 Å². The van der Waals surface area contributed by atoms with Gasteiger partial charge in [0.1, 0.15) is 11.9 Å². The van der Waals surface area contributed by atoms with E-state index >= 15 is 0 Å². The van der Waals surface area contributed by atoms with Gasteiger partial charge in [0.15, 0.2) is 17.5 Å². The molecule has 2 atom stereocenters. The molecule has 0 bridgehead atoms. The van der Waals surface area contributed by atoms with E-state index in [1.54, 1.807) is 42.5 Å². The molecule has 156 valence electrons. The molecule has 0 aliphatic heterocycles. The molecule has 29 heavy (non-hydrogen) atoms. The molecule has 0 aliphatic rings. The summed E-state index contributed by atoms with van der Waals surface area (Å²) in [5.74, 6) is 0.722. The number of hydrogen-bond acceptors (Lipinski definition) is 7. The lowest BCUT2D eigenvalue weighted by Crippen LogP contribution is -2.47. The minimum atomic E-state index is -1.33. The number of carbonyl (C=O) groups excluding carboxylic acids is 2. The average Bonchev–Trinajstić information content (AvgIpc) is 2.76. The molecular weight excluding hydrogens is 380 g/mol. The van der Waals surface area contributed by atoms with Gasteiger partial charge in [-0.3, -0.25) is 0 Å². The smallest absolute Gasteiger partial charge is 0.331 e. The Morgan fingerprint density at radius 2 is 1.55 bits per heavy atom. The molecule has 9 heteroatoms. The van der Waals surface area contributed by atoms with Gasteiger partial charge in [0.05, 0.1) is 28.4 Å². The second-order valence-electron chi connectivity index (χ2n) is 5.89. The monoisotopic (exact) mass is 404 g/mol.